The van der Waals surface area contributed by atoms with Gasteiger partial charge in [-0.05, 0) is 67.1 Å². The van der Waals surface area contributed by atoms with Crippen LogP contribution in [-0.2, 0) is 4.89 Å². The second-order valence-electron chi connectivity index (χ2n) is 8.02. The summed E-state index contributed by atoms with van der Waals surface area (Å²) in [7, 11) is 0. The molecule has 0 spiro atoms. The summed E-state index contributed by atoms with van der Waals surface area (Å²) in [6, 6.07) is 8.58. The SMILES string of the molecule is CC1CCC(COOc2ccc(C3CCC(C)CC3)cc2)CC1.[HH].[HH]. The number of hydrogen-bond acceptors (Lipinski definition) is 2. The third-order valence-corrected chi connectivity index (χ3v) is 5.96. The first-order valence-corrected chi connectivity index (χ1v) is 9.60. The fraction of sp³-hybridized carbons (Fsp3) is 0.714. The van der Waals surface area contributed by atoms with E-state index in [9.17, 15) is 0 Å². The molecule has 0 atom stereocenters. The summed E-state index contributed by atoms with van der Waals surface area (Å²) < 4.78 is 0. The minimum absolute atomic E-state index is 0. The van der Waals surface area contributed by atoms with Crippen molar-refractivity contribution >= 4 is 0 Å². The highest BCUT2D eigenvalue weighted by atomic mass is 17.2. The third-order valence-electron chi connectivity index (χ3n) is 5.96. The summed E-state index contributed by atoms with van der Waals surface area (Å²) in [4.78, 5) is 11.0. The highest BCUT2D eigenvalue weighted by Gasteiger charge is 2.20. The predicted octanol–water partition coefficient (Wildman–Crippen LogP) is 6.61. The second kappa shape index (κ2) is 8.19. The Bertz CT molecular complexity index is 461. The summed E-state index contributed by atoms with van der Waals surface area (Å²) in [6.07, 6.45) is 10.6. The van der Waals surface area contributed by atoms with E-state index in [1.165, 1.54) is 56.9 Å². The summed E-state index contributed by atoms with van der Waals surface area (Å²) in [6.45, 7) is 5.45. The van der Waals surface area contributed by atoms with Gasteiger partial charge in [-0.25, -0.2) is 0 Å². The summed E-state index contributed by atoms with van der Waals surface area (Å²) in [5.41, 5.74) is 1.46. The standard InChI is InChI=1S/C21H32O2.2H2/c1-16-3-7-18(8-4-16)15-22-23-21-13-11-20(12-14-21)19-9-5-17(2)6-10-19;;/h11-14,16-19H,3-10,15H2,1-2H3;2*1H. The molecule has 3 rings (SSSR count). The van der Waals surface area contributed by atoms with Crippen molar-refractivity contribution in [3.63, 3.8) is 0 Å². The van der Waals surface area contributed by atoms with Gasteiger partial charge in [-0.15, -0.1) is 0 Å². The van der Waals surface area contributed by atoms with E-state index in [1.54, 1.807) is 0 Å². The van der Waals surface area contributed by atoms with E-state index >= 15 is 0 Å². The van der Waals surface area contributed by atoms with Gasteiger partial charge in [0, 0.05) is 2.85 Å². The smallest absolute Gasteiger partial charge is 0.165 e. The Balaban J connectivity index is 0.00000156. The zero-order chi connectivity index (χ0) is 16.1. The highest BCUT2D eigenvalue weighted by Crippen LogP contribution is 2.36. The average Bonchev–Trinajstić information content (AvgIpc) is 2.58. The zero-order valence-electron chi connectivity index (χ0n) is 14.8. The van der Waals surface area contributed by atoms with Crippen LogP contribution in [0.3, 0.4) is 0 Å². The number of rotatable bonds is 5. The Hall–Kier alpha value is -1.02. The van der Waals surface area contributed by atoms with Crippen molar-refractivity contribution in [1.82, 2.24) is 0 Å². The average molecular weight is 321 g/mol. The molecule has 2 aliphatic rings. The molecule has 0 aliphatic heterocycles. The molecule has 0 amide bonds. The molecule has 0 aromatic heterocycles. The van der Waals surface area contributed by atoms with Crippen LogP contribution in [0.5, 0.6) is 5.75 Å². The summed E-state index contributed by atoms with van der Waals surface area (Å²) in [5.74, 6) is 4.05. The van der Waals surface area contributed by atoms with Crippen molar-refractivity contribution < 1.29 is 12.6 Å². The minimum atomic E-state index is 0. The molecule has 2 saturated carbocycles. The first kappa shape index (κ1) is 16.8. The van der Waals surface area contributed by atoms with E-state index in [0.29, 0.717) is 5.92 Å². The lowest BCUT2D eigenvalue weighted by Gasteiger charge is -2.26. The molecule has 1 aromatic carbocycles. The molecule has 0 unspecified atom stereocenters. The van der Waals surface area contributed by atoms with Gasteiger partial charge in [0.15, 0.2) is 5.75 Å². The molecule has 0 heterocycles. The first-order valence-electron chi connectivity index (χ1n) is 9.60. The van der Waals surface area contributed by atoms with Crippen LogP contribution < -0.4 is 4.89 Å². The second-order valence-corrected chi connectivity index (χ2v) is 8.02. The molecule has 0 N–H and O–H groups in total. The van der Waals surface area contributed by atoms with E-state index in [0.717, 1.165) is 30.1 Å². The lowest BCUT2D eigenvalue weighted by Crippen LogP contribution is -2.18. The Labute approximate surface area is 144 Å². The van der Waals surface area contributed by atoms with Crippen LogP contribution in [0.1, 0.15) is 79.5 Å². The van der Waals surface area contributed by atoms with Crippen LogP contribution in [0.4, 0.5) is 0 Å². The summed E-state index contributed by atoms with van der Waals surface area (Å²) >= 11 is 0. The molecule has 2 nitrogen and oxygen atoms in total. The van der Waals surface area contributed by atoms with Crippen LogP contribution in [0.25, 0.3) is 0 Å². The molecule has 2 fully saturated rings. The molecule has 1 aromatic rings. The van der Waals surface area contributed by atoms with Crippen LogP contribution in [0, 0.1) is 17.8 Å². The van der Waals surface area contributed by atoms with Crippen molar-refractivity contribution in [2.75, 3.05) is 6.61 Å². The molecular weight excluding hydrogens is 284 g/mol. The maximum atomic E-state index is 5.49. The van der Waals surface area contributed by atoms with Crippen LogP contribution in [0.15, 0.2) is 24.3 Å². The van der Waals surface area contributed by atoms with E-state index < -0.39 is 0 Å². The van der Waals surface area contributed by atoms with Gasteiger partial charge in [-0.1, -0.05) is 51.7 Å². The Morgan fingerprint density at radius 2 is 1.39 bits per heavy atom. The van der Waals surface area contributed by atoms with Crippen molar-refractivity contribution in [1.29, 1.82) is 0 Å². The van der Waals surface area contributed by atoms with Crippen LogP contribution in [0.2, 0.25) is 0 Å². The van der Waals surface area contributed by atoms with E-state index in [-0.39, 0.29) is 2.85 Å². The lowest BCUT2D eigenvalue weighted by atomic mass is 9.79. The molecule has 23 heavy (non-hydrogen) atoms. The highest BCUT2D eigenvalue weighted by molar-refractivity contribution is 5.29. The van der Waals surface area contributed by atoms with Crippen molar-refractivity contribution in [2.24, 2.45) is 17.8 Å². The summed E-state index contributed by atoms with van der Waals surface area (Å²) in [5, 5.41) is 0. The van der Waals surface area contributed by atoms with Crippen molar-refractivity contribution in [2.45, 2.75) is 71.1 Å². The number of benzene rings is 1. The van der Waals surface area contributed by atoms with Gasteiger partial charge in [-0.3, -0.25) is 0 Å². The van der Waals surface area contributed by atoms with E-state index in [4.69, 9.17) is 9.78 Å². The maximum absolute atomic E-state index is 5.49. The molecule has 0 saturated heterocycles. The fourth-order valence-corrected chi connectivity index (χ4v) is 4.08. The van der Waals surface area contributed by atoms with Gasteiger partial charge >= 0.3 is 0 Å². The zero-order valence-corrected chi connectivity index (χ0v) is 14.8. The van der Waals surface area contributed by atoms with Gasteiger partial charge in [-0.2, -0.15) is 4.89 Å². The van der Waals surface area contributed by atoms with E-state index in [1.807, 2.05) is 0 Å². The molecule has 132 valence electrons. The molecule has 2 aliphatic carbocycles. The normalized spacial score (nSPS) is 31.7. The molecule has 2 heteroatoms. The monoisotopic (exact) mass is 320 g/mol. The molecular formula is C21H36O2. The van der Waals surface area contributed by atoms with Crippen molar-refractivity contribution in [3.05, 3.63) is 29.8 Å². The van der Waals surface area contributed by atoms with Crippen LogP contribution in [-0.4, -0.2) is 6.61 Å². The lowest BCUT2D eigenvalue weighted by molar-refractivity contribution is -0.218. The van der Waals surface area contributed by atoms with Gasteiger partial charge in [0.1, 0.15) is 0 Å². The van der Waals surface area contributed by atoms with Crippen molar-refractivity contribution in [3.8, 4) is 5.75 Å². The largest absolute Gasteiger partial charge is 0.338 e. The van der Waals surface area contributed by atoms with Gasteiger partial charge in [0.05, 0.1) is 6.61 Å². The van der Waals surface area contributed by atoms with Gasteiger partial charge in [0.2, 0.25) is 0 Å². The van der Waals surface area contributed by atoms with E-state index in [2.05, 4.69) is 38.1 Å². The Morgan fingerprint density at radius 3 is 2.00 bits per heavy atom. The van der Waals surface area contributed by atoms with Gasteiger partial charge < -0.3 is 4.89 Å². The fourth-order valence-electron chi connectivity index (χ4n) is 4.08. The molecule has 0 bridgehead atoms. The molecule has 0 radical (unpaired) electrons. The third kappa shape index (κ3) is 4.97. The van der Waals surface area contributed by atoms with Crippen LogP contribution >= 0.6 is 0 Å². The topological polar surface area (TPSA) is 18.5 Å². The predicted molar refractivity (Wildman–Crippen MR) is 98.7 cm³/mol. The Kier molecular flexibility index (Phi) is 5.99. The Morgan fingerprint density at radius 1 is 0.826 bits per heavy atom. The first-order chi connectivity index (χ1) is 11.2. The maximum Gasteiger partial charge on any atom is 0.165 e. The minimum Gasteiger partial charge on any atom is -0.338 e. The van der Waals surface area contributed by atoms with Gasteiger partial charge in [0.25, 0.3) is 0 Å². The number of hydrogen-bond donors (Lipinski definition) is 0. The quantitative estimate of drug-likeness (QED) is 0.449.